The van der Waals surface area contributed by atoms with E-state index in [1.54, 1.807) is 0 Å². The summed E-state index contributed by atoms with van der Waals surface area (Å²) in [6.07, 6.45) is 2.37. The Hall–Kier alpha value is -0.910. The van der Waals surface area contributed by atoms with E-state index in [1.165, 1.54) is 5.69 Å². The number of hydrogen-bond acceptors (Lipinski definition) is 4. The second kappa shape index (κ2) is 7.20. The molecule has 1 aliphatic rings. The van der Waals surface area contributed by atoms with Crippen LogP contribution in [0.5, 0.6) is 0 Å². The zero-order valence-corrected chi connectivity index (χ0v) is 13.2. The summed E-state index contributed by atoms with van der Waals surface area (Å²) in [5.41, 5.74) is 2.35. The van der Waals surface area contributed by atoms with E-state index >= 15 is 0 Å². The van der Waals surface area contributed by atoms with Crippen molar-refractivity contribution in [1.82, 2.24) is 20.0 Å². The average molecular weight is 280 g/mol. The number of likely N-dealkylation sites (N-methyl/N-ethyl adjacent to an activating group) is 1. The Balaban J connectivity index is 2.04. The Morgan fingerprint density at radius 1 is 1.50 bits per heavy atom. The van der Waals surface area contributed by atoms with Crippen LogP contribution >= 0.6 is 0 Å². The van der Waals surface area contributed by atoms with Crippen molar-refractivity contribution in [2.75, 3.05) is 33.3 Å². The summed E-state index contributed by atoms with van der Waals surface area (Å²) in [6, 6.07) is 2.53. The maximum Gasteiger partial charge on any atom is 0.0858 e. The van der Waals surface area contributed by atoms with E-state index in [-0.39, 0.29) is 6.10 Å². The number of aryl methyl sites for hydroxylation is 2. The lowest BCUT2D eigenvalue weighted by molar-refractivity contribution is -0.0386. The third kappa shape index (κ3) is 4.04. The molecule has 0 bridgehead atoms. The first-order chi connectivity index (χ1) is 9.60. The molecule has 2 rings (SSSR count). The highest BCUT2D eigenvalue weighted by atomic mass is 16.5. The fourth-order valence-electron chi connectivity index (χ4n) is 2.80. The monoisotopic (exact) mass is 280 g/mol. The van der Waals surface area contributed by atoms with Crippen molar-refractivity contribution in [2.45, 2.75) is 38.8 Å². The Kier molecular flexibility index (Phi) is 5.57. The minimum atomic E-state index is 0.260. The van der Waals surface area contributed by atoms with Gasteiger partial charge in [0.25, 0.3) is 0 Å². The Morgan fingerprint density at radius 3 is 2.90 bits per heavy atom. The summed E-state index contributed by atoms with van der Waals surface area (Å²) in [6.45, 7) is 8.13. The van der Waals surface area contributed by atoms with Gasteiger partial charge in [-0.1, -0.05) is 6.92 Å². The van der Waals surface area contributed by atoms with Crippen LogP contribution in [0.4, 0.5) is 0 Å². The number of morpholine rings is 1. The van der Waals surface area contributed by atoms with E-state index in [9.17, 15) is 0 Å². The molecule has 5 nitrogen and oxygen atoms in total. The highest BCUT2D eigenvalue weighted by Gasteiger charge is 2.27. The van der Waals surface area contributed by atoms with Gasteiger partial charge in [-0.15, -0.1) is 0 Å². The van der Waals surface area contributed by atoms with Crippen LogP contribution in [-0.4, -0.2) is 60.1 Å². The van der Waals surface area contributed by atoms with Gasteiger partial charge in [0, 0.05) is 38.3 Å². The van der Waals surface area contributed by atoms with E-state index in [0.717, 1.165) is 44.8 Å². The molecule has 1 saturated heterocycles. The summed E-state index contributed by atoms with van der Waals surface area (Å²) >= 11 is 0. The SMILES string of the molecule is CCCNC(Cc1cc(C)nn1C)C1CN(C)CCO1. The van der Waals surface area contributed by atoms with Crippen molar-refractivity contribution in [3.8, 4) is 0 Å². The van der Waals surface area contributed by atoms with Crippen LogP contribution in [0.2, 0.25) is 0 Å². The lowest BCUT2D eigenvalue weighted by atomic mass is 10.0. The molecule has 114 valence electrons. The Morgan fingerprint density at radius 2 is 2.30 bits per heavy atom. The van der Waals surface area contributed by atoms with Crippen molar-refractivity contribution in [2.24, 2.45) is 7.05 Å². The molecular weight excluding hydrogens is 252 g/mol. The van der Waals surface area contributed by atoms with Crippen LogP contribution in [0.15, 0.2) is 6.07 Å². The molecular formula is C15H28N4O. The van der Waals surface area contributed by atoms with E-state index in [0.29, 0.717) is 6.04 Å². The molecule has 0 amide bonds. The summed E-state index contributed by atoms with van der Waals surface area (Å²) in [4.78, 5) is 2.35. The third-order valence-corrected chi connectivity index (χ3v) is 3.93. The highest BCUT2D eigenvalue weighted by molar-refractivity contribution is 5.11. The third-order valence-electron chi connectivity index (χ3n) is 3.93. The summed E-state index contributed by atoms with van der Waals surface area (Å²) in [5, 5.41) is 8.09. The normalized spacial score (nSPS) is 22.1. The van der Waals surface area contributed by atoms with E-state index in [2.05, 4.69) is 35.4 Å². The van der Waals surface area contributed by atoms with Crippen molar-refractivity contribution in [3.63, 3.8) is 0 Å². The molecule has 0 spiro atoms. The van der Waals surface area contributed by atoms with Crippen LogP contribution in [0.25, 0.3) is 0 Å². The number of nitrogens with zero attached hydrogens (tertiary/aromatic N) is 3. The zero-order valence-electron chi connectivity index (χ0n) is 13.2. The molecule has 0 aromatic carbocycles. The minimum absolute atomic E-state index is 0.260. The topological polar surface area (TPSA) is 42.3 Å². The summed E-state index contributed by atoms with van der Waals surface area (Å²) < 4.78 is 7.98. The van der Waals surface area contributed by atoms with Crippen LogP contribution in [0.1, 0.15) is 24.7 Å². The summed E-state index contributed by atoms with van der Waals surface area (Å²) in [5.74, 6) is 0. The zero-order chi connectivity index (χ0) is 14.5. The highest BCUT2D eigenvalue weighted by Crippen LogP contribution is 2.13. The maximum absolute atomic E-state index is 5.99. The fourth-order valence-corrected chi connectivity index (χ4v) is 2.80. The lowest BCUT2D eigenvalue weighted by Gasteiger charge is -2.35. The molecule has 1 aromatic heterocycles. The Labute approximate surface area is 122 Å². The predicted octanol–water partition coefficient (Wildman–Crippen LogP) is 0.970. The van der Waals surface area contributed by atoms with Crippen LogP contribution in [0.3, 0.4) is 0 Å². The fraction of sp³-hybridized carbons (Fsp3) is 0.800. The van der Waals surface area contributed by atoms with E-state index < -0.39 is 0 Å². The molecule has 0 radical (unpaired) electrons. The largest absolute Gasteiger partial charge is 0.374 e. The molecule has 1 fully saturated rings. The van der Waals surface area contributed by atoms with Gasteiger partial charge in [0.05, 0.1) is 18.4 Å². The molecule has 5 heteroatoms. The molecule has 2 heterocycles. The van der Waals surface area contributed by atoms with Crippen molar-refractivity contribution in [1.29, 1.82) is 0 Å². The van der Waals surface area contributed by atoms with Gasteiger partial charge in [0.15, 0.2) is 0 Å². The van der Waals surface area contributed by atoms with Crippen molar-refractivity contribution in [3.05, 3.63) is 17.5 Å². The molecule has 1 N–H and O–H groups in total. The van der Waals surface area contributed by atoms with Crippen molar-refractivity contribution >= 4 is 0 Å². The van der Waals surface area contributed by atoms with Gasteiger partial charge < -0.3 is 15.0 Å². The molecule has 0 saturated carbocycles. The second-order valence-corrected chi connectivity index (χ2v) is 5.84. The first-order valence-electron chi connectivity index (χ1n) is 7.63. The first kappa shape index (κ1) is 15.5. The number of rotatable bonds is 6. The second-order valence-electron chi connectivity index (χ2n) is 5.84. The van der Waals surface area contributed by atoms with Crippen LogP contribution in [-0.2, 0) is 18.2 Å². The van der Waals surface area contributed by atoms with Crippen molar-refractivity contribution < 1.29 is 4.74 Å². The number of ether oxygens (including phenoxy) is 1. The number of aromatic nitrogens is 2. The summed E-state index contributed by atoms with van der Waals surface area (Å²) in [7, 11) is 4.19. The smallest absolute Gasteiger partial charge is 0.0858 e. The van der Waals surface area contributed by atoms with E-state index in [4.69, 9.17) is 4.74 Å². The molecule has 1 aromatic rings. The molecule has 2 unspecified atom stereocenters. The molecule has 1 aliphatic heterocycles. The van der Waals surface area contributed by atoms with Crippen LogP contribution in [0, 0.1) is 6.92 Å². The standard InChI is InChI=1S/C15H28N4O/c1-5-6-16-14(15-11-18(3)7-8-20-15)10-13-9-12(2)17-19(13)4/h9,14-16H,5-8,10-11H2,1-4H3. The van der Waals surface area contributed by atoms with Gasteiger partial charge in [-0.2, -0.15) is 5.10 Å². The van der Waals surface area contributed by atoms with Crippen LogP contribution < -0.4 is 5.32 Å². The molecule has 20 heavy (non-hydrogen) atoms. The Bertz CT molecular complexity index is 418. The maximum atomic E-state index is 5.99. The predicted molar refractivity (Wildman–Crippen MR) is 81.0 cm³/mol. The van der Waals surface area contributed by atoms with Gasteiger partial charge in [0.2, 0.25) is 0 Å². The van der Waals surface area contributed by atoms with Gasteiger partial charge in [-0.25, -0.2) is 0 Å². The first-order valence-corrected chi connectivity index (χ1v) is 7.63. The van der Waals surface area contributed by atoms with Gasteiger partial charge in [0.1, 0.15) is 0 Å². The van der Waals surface area contributed by atoms with Gasteiger partial charge in [-0.3, -0.25) is 4.68 Å². The molecule has 2 atom stereocenters. The lowest BCUT2D eigenvalue weighted by Crippen LogP contribution is -2.52. The number of hydrogen-bond donors (Lipinski definition) is 1. The quantitative estimate of drug-likeness (QED) is 0.843. The van der Waals surface area contributed by atoms with Gasteiger partial charge in [-0.05, 0) is 33.0 Å². The minimum Gasteiger partial charge on any atom is -0.374 e. The van der Waals surface area contributed by atoms with E-state index in [1.807, 2.05) is 18.7 Å². The molecule has 0 aliphatic carbocycles. The van der Waals surface area contributed by atoms with Gasteiger partial charge >= 0.3 is 0 Å². The average Bonchev–Trinajstić information content (AvgIpc) is 2.72. The number of nitrogens with one attached hydrogen (secondary N) is 1.